The number of rotatable bonds is 10. The molecule has 0 saturated heterocycles. The largest absolute Gasteiger partial charge is 0.315 e. The van der Waals surface area contributed by atoms with Crippen molar-refractivity contribution in [1.82, 2.24) is 10.6 Å². The van der Waals surface area contributed by atoms with Crippen LogP contribution in [0.2, 0.25) is 0 Å². The van der Waals surface area contributed by atoms with E-state index in [2.05, 4.69) is 71.3 Å². The minimum Gasteiger partial charge on any atom is -0.315 e. The van der Waals surface area contributed by atoms with Crippen LogP contribution in [0.25, 0.3) is 0 Å². The zero-order valence-corrected chi connectivity index (χ0v) is 18.4. The third-order valence-electron chi connectivity index (χ3n) is 8.16. The summed E-state index contributed by atoms with van der Waals surface area (Å²) in [5.74, 6) is 3.65. The summed E-state index contributed by atoms with van der Waals surface area (Å²) in [5, 5.41) is 7.53. The molecule has 0 spiro atoms. The van der Waals surface area contributed by atoms with Crippen molar-refractivity contribution < 1.29 is 0 Å². The van der Waals surface area contributed by atoms with Gasteiger partial charge in [-0.15, -0.1) is 0 Å². The van der Waals surface area contributed by atoms with E-state index in [0.29, 0.717) is 11.3 Å². The van der Waals surface area contributed by atoms with Gasteiger partial charge in [-0.2, -0.15) is 0 Å². The van der Waals surface area contributed by atoms with Crippen LogP contribution in [0.1, 0.15) is 62.0 Å². The molecule has 0 heterocycles. The monoisotopic (exact) mass is 402 g/mol. The van der Waals surface area contributed by atoms with Crippen LogP contribution < -0.4 is 10.6 Å². The van der Waals surface area contributed by atoms with Crippen LogP contribution in [0.5, 0.6) is 0 Å². The second-order valence-corrected chi connectivity index (χ2v) is 10.5. The number of nitrogens with one attached hydrogen (secondary N) is 2. The summed E-state index contributed by atoms with van der Waals surface area (Å²) >= 11 is 0. The first-order valence-electron chi connectivity index (χ1n) is 12.3. The molecule has 2 nitrogen and oxygen atoms in total. The maximum Gasteiger partial charge on any atom is 0.0101 e. The van der Waals surface area contributed by atoms with Gasteiger partial charge in [-0.25, -0.2) is 0 Å². The van der Waals surface area contributed by atoms with Gasteiger partial charge >= 0.3 is 0 Å². The summed E-state index contributed by atoms with van der Waals surface area (Å²) < 4.78 is 0. The zero-order chi connectivity index (χ0) is 20.2. The summed E-state index contributed by atoms with van der Waals surface area (Å²) in [4.78, 5) is 0. The molecule has 2 aromatic rings. The fourth-order valence-electron chi connectivity index (χ4n) is 7.30. The Morgan fingerprint density at radius 1 is 0.667 bits per heavy atom. The highest BCUT2D eigenvalue weighted by molar-refractivity contribution is 5.32. The van der Waals surface area contributed by atoms with Gasteiger partial charge in [0.1, 0.15) is 0 Å². The molecule has 0 aliphatic heterocycles. The Balaban J connectivity index is 1.05. The van der Waals surface area contributed by atoms with Gasteiger partial charge in [0.2, 0.25) is 0 Å². The standard InChI is InChI=1S/C28H38N2/c1-3-7-25(8-4-1)27(26-9-5-2-6-10-26)11-12-29-13-14-30-21-28-18-22-15-23(19-28)17-24(16-22)20-28/h1-10,22-24,27,29-30H,11-21H2. The number of hydrogen-bond donors (Lipinski definition) is 2. The second-order valence-electron chi connectivity index (χ2n) is 10.5. The van der Waals surface area contributed by atoms with E-state index >= 15 is 0 Å². The minimum atomic E-state index is 0.472. The van der Waals surface area contributed by atoms with Crippen molar-refractivity contribution >= 4 is 0 Å². The predicted molar refractivity (Wildman–Crippen MR) is 126 cm³/mol. The Morgan fingerprint density at radius 2 is 1.17 bits per heavy atom. The molecule has 0 amide bonds. The van der Waals surface area contributed by atoms with Gasteiger partial charge < -0.3 is 10.6 Å². The van der Waals surface area contributed by atoms with Gasteiger partial charge in [-0.3, -0.25) is 0 Å². The van der Waals surface area contributed by atoms with E-state index in [4.69, 9.17) is 0 Å². The molecule has 0 aromatic heterocycles. The Labute approximate surface area is 182 Å². The zero-order valence-electron chi connectivity index (χ0n) is 18.4. The molecule has 6 rings (SSSR count). The van der Waals surface area contributed by atoms with E-state index in [-0.39, 0.29) is 0 Å². The topological polar surface area (TPSA) is 24.1 Å². The first-order chi connectivity index (χ1) is 14.8. The molecule has 30 heavy (non-hydrogen) atoms. The molecule has 4 saturated carbocycles. The molecule has 4 fully saturated rings. The summed E-state index contributed by atoms with van der Waals surface area (Å²) in [6, 6.07) is 21.9. The van der Waals surface area contributed by atoms with Crippen molar-refractivity contribution in [2.24, 2.45) is 23.2 Å². The van der Waals surface area contributed by atoms with E-state index in [0.717, 1.165) is 43.8 Å². The van der Waals surface area contributed by atoms with Crippen molar-refractivity contribution in [1.29, 1.82) is 0 Å². The van der Waals surface area contributed by atoms with E-state index in [9.17, 15) is 0 Å². The molecule has 2 aromatic carbocycles. The molecular formula is C28H38N2. The minimum absolute atomic E-state index is 0.472. The quantitative estimate of drug-likeness (QED) is 0.505. The third-order valence-corrected chi connectivity index (χ3v) is 8.16. The molecule has 0 radical (unpaired) electrons. The highest BCUT2D eigenvalue weighted by Gasteiger charge is 2.50. The maximum atomic E-state index is 3.83. The van der Waals surface area contributed by atoms with E-state index in [1.807, 2.05) is 0 Å². The Kier molecular flexibility index (Phi) is 6.24. The van der Waals surface area contributed by atoms with Crippen molar-refractivity contribution in [2.75, 3.05) is 26.2 Å². The van der Waals surface area contributed by atoms with Gasteiger partial charge in [0.05, 0.1) is 0 Å². The van der Waals surface area contributed by atoms with Gasteiger partial charge in [0, 0.05) is 25.6 Å². The van der Waals surface area contributed by atoms with Crippen LogP contribution in [0.15, 0.2) is 60.7 Å². The maximum absolute atomic E-state index is 3.83. The van der Waals surface area contributed by atoms with Crippen molar-refractivity contribution in [3.05, 3.63) is 71.8 Å². The summed E-state index contributed by atoms with van der Waals surface area (Å²) in [6.07, 6.45) is 10.3. The van der Waals surface area contributed by atoms with Gasteiger partial charge in [-0.1, -0.05) is 60.7 Å². The highest BCUT2D eigenvalue weighted by atomic mass is 14.9. The SMILES string of the molecule is c1ccc(C(CCNCCNCC23CC4CC(CC(C4)C2)C3)c2ccccc2)cc1. The lowest BCUT2D eigenvalue weighted by atomic mass is 9.49. The normalized spacial score (nSPS) is 29.6. The lowest BCUT2D eigenvalue weighted by Crippen LogP contribution is -2.50. The molecule has 2 N–H and O–H groups in total. The van der Waals surface area contributed by atoms with Crippen LogP contribution in [0.4, 0.5) is 0 Å². The van der Waals surface area contributed by atoms with Crippen LogP contribution in [-0.2, 0) is 0 Å². The van der Waals surface area contributed by atoms with Crippen molar-refractivity contribution in [3.8, 4) is 0 Å². The van der Waals surface area contributed by atoms with Gasteiger partial charge in [-0.05, 0) is 85.8 Å². The Hall–Kier alpha value is -1.64. The van der Waals surface area contributed by atoms with E-state index in [1.54, 1.807) is 19.3 Å². The van der Waals surface area contributed by atoms with E-state index in [1.165, 1.54) is 36.9 Å². The first-order valence-corrected chi connectivity index (χ1v) is 12.3. The highest BCUT2D eigenvalue weighted by Crippen LogP contribution is 2.59. The molecule has 4 aliphatic rings. The average Bonchev–Trinajstić information content (AvgIpc) is 2.76. The van der Waals surface area contributed by atoms with Crippen molar-refractivity contribution in [2.45, 2.75) is 50.9 Å². The van der Waals surface area contributed by atoms with Gasteiger partial charge in [0.25, 0.3) is 0 Å². The van der Waals surface area contributed by atoms with Crippen LogP contribution in [-0.4, -0.2) is 26.2 Å². The van der Waals surface area contributed by atoms with Gasteiger partial charge in [0.15, 0.2) is 0 Å². The molecular weight excluding hydrogens is 364 g/mol. The number of benzene rings is 2. The smallest absolute Gasteiger partial charge is 0.0101 e. The Morgan fingerprint density at radius 3 is 1.70 bits per heavy atom. The summed E-state index contributed by atoms with van der Waals surface area (Å²) in [6.45, 7) is 4.49. The average molecular weight is 403 g/mol. The summed E-state index contributed by atoms with van der Waals surface area (Å²) in [7, 11) is 0. The van der Waals surface area contributed by atoms with E-state index < -0.39 is 0 Å². The van der Waals surface area contributed by atoms with Crippen LogP contribution >= 0.6 is 0 Å². The predicted octanol–water partition coefficient (Wildman–Crippen LogP) is 5.60. The third kappa shape index (κ3) is 4.65. The van der Waals surface area contributed by atoms with Crippen LogP contribution in [0.3, 0.4) is 0 Å². The molecule has 4 aliphatic carbocycles. The van der Waals surface area contributed by atoms with Crippen LogP contribution in [0, 0.1) is 23.2 Å². The second kappa shape index (κ2) is 9.24. The lowest BCUT2D eigenvalue weighted by molar-refractivity contribution is -0.0511. The molecule has 2 heteroatoms. The fourth-order valence-corrected chi connectivity index (χ4v) is 7.30. The first kappa shape index (κ1) is 20.3. The van der Waals surface area contributed by atoms with Crippen molar-refractivity contribution in [3.63, 3.8) is 0 Å². The summed E-state index contributed by atoms with van der Waals surface area (Å²) in [5.41, 5.74) is 3.50. The molecule has 0 atom stereocenters. The number of hydrogen-bond acceptors (Lipinski definition) is 2. The fraction of sp³-hybridized carbons (Fsp3) is 0.571. The molecule has 0 unspecified atom stereocenters. The molecule has 160 valence electrons. The Bertz CT molecular complexity index is 710. The molecule has 4 bridgehead atoms. The lowest BCUT2D eigenvalue weighted by Gasteiger charge is -2.57.